The van der Waals surface area contributed by atoms with Gasteiger partial charge in [-0.05, 0) is 80.0 Å². The third kappa shape index (κ3) is 6.31. The monoisotopic (exact) mass is 426 g/mol. The first-order valence-electron chi connectivity index (χ1n) is 8.13. The van der Waals surface area contributed by atoms with E-state index in [9.17, 15) is 4.55 Å². The van der Waals surface area contributed by atoms with Gasteiger partial charge in [0.05, 0.1) is 6.61 Å². The maximum Gasteiger partial charge on any atom is 0.153 e. The zero-order chi connectivity index (χ0) is 18.2. The Morgan fingerprint density at radius 1 is 1.04 bits per heavy atom. The average molecular weight is 427 g/mol. The minimum Gasteiger partial charge on any atom is -0.611 e. The van der Waals surface area contributed by atoms with Gasteiger partial charge in [0.25, 0.3) is 0 Å². The molecule has 0 N–H and O–H groups in total. The molecule has 136 valence electrons. The number of ether oxygens (including phenoxy) is 3. The minimum absolute atomic E-state index is 0.0949. The van der Waals surface area contributed by atoms with Crippen molar-refractivity contribution in [3.05, 3.63) is 52.5 Å². The molecule has 0 amide bonds. The Hall–Kier alpha value is -1.05. The van der Waals surface area contributed by atoms with Crippen LogP contribution in [0.1, 0.15) is 26.3 Å². The molecule has 0 saturated carbocycles. The van der Waals surface area contributed by atoms with Gasteiger partial charge in [0.2, 0.25) is 0 Å². The topological polar surface area (TPSA) is 50.8 Å². The molecule has 0 spiro atoms. The second-order valence-electron chi connectivity index (χ2n) is 5.63. The largest absolute Gasteiger partial charge is 0.611 e. The summed E-state index contributed by atoms with van der Waals surface area (Å²) < 4.78 is 29.6. The summed E-state index contributed by atoms with van der Waals surface area (Å²) in [6.07, 6.45) is 0. The second kappa shape index (κ2) is 10.2. The highest BCUT2D eigenvalue weighted by molar-refractivity contribution is 9.10. The van der Waals surface area contributed by atoms with Crippen LogP contribution in [0.25, 0.3) is 0 Å². The van der Waals surface area contributed by atoms with Crippen LogP contribution in [0.5, 0.6) is 11.5 Å². The highest BCUT2D eigenvalue weighted by Crippen LogP contribution is 2.28. The van der Waals surface area contributed by atoms with Crippen molar-refractivity contribution in [2.24, 2.45) is 0 Å². The van der Waals surface area contributed by atoms with E-state index in [0.29, 0.717) is 19.0 Å². The fourth-order valence-corrected chi connectivity index (χ4v) is 3.38. The van der Waals surface area contributed by atoms with Crippen LogP contribution in [0.3, 0.4) is 0 Å². The standard InChI is InChI=1S/C19H23BrO4S/c1-4-22-13-23-12-15-11-17(7-10-19(15)20)24-16-5-8-18(9-6-16)25(21)14(2)3/h5-11,14H,4,12-13H2,1-3H3. The third-order valence-electron chi connectivity index (χ3n) is 3.37. The molecular formula is C19H23BrO4S. The molecule has 1 unspecified atom stereocenters. The van der Waals surface area contributed by atoms with Gasteiger partial charge in [-0.3, -0.25) is 0 Å². The molecule has 0 bridgehead atoms. The van der Waals surface area contributed by atoms with E-state index in [-0.39, 0.29) is 12.0 Å². The summed E-state index contributed by atoms with van der Waals surface area (Å²) in [5.74, 6) is 1.42. The van der Waals surface area contributed by atoms with Gasteiger partial charge >= 0.3 is 0 Å². The lowest BCUT2D eigenvalue weighted by atomic mass is 10.2. The van der Waals surface area contributed by atoms with Crippen LogP contribution < -0.4 is 4.74 Å². The van der Waals surface area contributed by atoms with Crippen LogP contribution in [0.15, 0.2) is 51.8 Å². The molecule has 0 saturated heterocycles. The Kier molecular flexibility index (Phi) is 8.26. The maximum atomic E-state index is 12.1. The SMILES string of the molecule is CCOCOCc1cc(Oc2ccc([S+]([O-])C(C)C)cc2)ccc1Br. The van der Waals surface area contributed by atoms with Gasteiger partial charge < -0.3 is 18.8 Å². The van der Waals surface area contributed by atoms with Gasteiger partial charge in [0, 0.05) is 11.1 Å². The Labute approximate surface area is 160 Å². The molecule has 0 aliphatic rings. The van der Waals surface area contributed by atoms with Crippen molar-refractivity contribution in [1.29, 1.82) is 0 Å². The van der Waals surface area contributed by atoms with Gasteiger partial charge in [0.15, 0.2) is 4.90 Å². The molecule has 6 heteroatoms. The predicted octanol–water partition coefficient (Wildman–Crippen LogP) is 5.27. The van der Waals surface area contributed by atoms with Crippen molar-refractivity contribution in [2.75, 3.05) is 13.4 Å². The second-order valence-corrected chi connectivity index (χ2v) is 8.50. The van der Waals surface area contributed by atoms with E-state index in [1.54, 1.807) is 0 Å². The van der Waals surface area contributed by atoms with Gasteiger partial charge in [-0.25, -0.2) is 0 Å². The van der Waals surface area contributed by atoms with Gasteiger partial charge in [0.1, 0.15) is 23.5 Å². The summed E-state index contributed by atoms with van der Waals surface area (Å²) >= 11 is 2.52. The van der Waals surface area contributed by atoms with Crippen molar-refractivity contribution in [2.45, 2.75) is 37.5 Å². The lowest BCUT2D eigenvalue weighted by Gasteiger charge is -2.14. The molecule has 0 radical (unpaired) electrons. The molecule has 0 aromatic heterocycles. The molecular weight excluding hydrogens is 404 g/mol. The van der Waals surface area contributed by atoms with E-state index in [4.69, 9.17) is 14.2 Å². The maximum absolute atomic E-state index is 12.1. The Bertz CT molecular complexity index is 661. The molecule has 0 fully saturated rings. The van der Waals surface area contributed by atoms with Crippen LogP contribution in [0.4, 0.5) is 0 Å². The van der Waals surface area contributed by atoms with E-state index < -0.39 is 11.2 Å². The fourth-order valence-electron chi connectivity index (χ4n) is 2.07. The molecule has 0 aliphatic carbocycles. The van der Waals surface area contributed by atoms with Crippen LogP contribution in [0, 0.1) is 0 Å². The quantitative estimate of drug-likeness (QED) is 0.311. The lowest BCUT2D eigenvalue weighted by Crippen LogP contribution is -2.13. The van der Waals surface area contributed by atoms with E-state index in [0.717, 1.165) is 20.7 Å². The fraction of sp³-hybridized carbons (Fsp3) is 0.368. The molecule has 25 heavy (non-hydrogen) atoms. The number of benzene rings is 2. The highest BCUT2D eigenvalue weighted by Gasteiger charge is 2.15. The van der Waals surface area contributed by atoms with Crippen molar-refractivity contribution in [1.82, 2.24) is 0 Å². The van der Waals surface area contributed by atoms with Crippen LogP contribution >= 0.6 is 15.9 Å². The Morgan fingerprint density at radius 2 is 1.72 bits per heavy atom. The summed E-state index contributed by atoms with van der Waals surface area (Å²) in [5.41, 5.74) is 0.981. The first-order chi connectivity index (χ1) is 12.0. The van der Waals surface area contributed by atoms with Crippen LogP contribution in [0.2, 0.25) is 0 Å². The molecule has 0 heterocycles. The van der Waals surface area contributed by atoms with Gasteiger partial charge in [-0.15, -0.1) is 0 Å². The smallest absolute Gasteiger partial charge is 0.153 e. The van der Waals surface area contributed by atoms with Crippen molar-refractivity contribution >= 4 is 27.1 Å². The third-order valence-corrected chi connectivity index (χ3v) is 5.73. The molecule has 4 nitrogen and oxygen atoms in total. The normalized spacial score (nSPS) is 12.4. The number of hydrogen-bond donors (Lipinski definition) is 0. The number of rotatable bonds is 9. The molecule has 2 rings (SSSR count). The Balaban J connectivity index is 2.02. The van der Waals surface area contributed by atoms with Crippen molar-refractivity contribution in [3.8, 4) is 11.5 Å². The van der Waals surface area contributed by atoms with Gasteiger partial charge in [-0.1, -0.05) is 15.9 Å². The molecule has 2 aromatic carbocycles. The summed E-state index contributed by atoms with van der Waals surface area (Å²) in [7, 11) is 0. The minimum atomic E-state index is -0.992. The first kappa shape index (κ1) is 20.3. The van der Waals surface area contributed by atoms with E-state index in [1.165, 1.54) is 0 Å². The number of halogens is 1. The van der Waals surface area contributed by atoms with Crippen molar-refractivity contribution in [3.63, 3.8) is 0 Å². The zero-order valence-electron chi connectivity index (χ0n) is 14.7. The summed E-state index contributed by atoms with van der Waals surface area (Å²) in [6, 6.07) is 13.1. The van der Waals surface area contributed by atoms with E-state index in [2.05, 4.69) is 15.9 Å². The predicted molar refractivity (Wildman–Crippen MR) is 103 cm³/mol. The zero-order valence-corrected chi connectivity index (χ0v) is 17.1. The van der Waals surface area contributed by atoms with Crippen LogP contribution in [-0.2, 0) is 27.3 Å². The molecule has 0 aliphatic heterocycles. The average Bonchev–Trinajstić information content (AvgIpc) is 2.61. The highest BCUT2D eigenvalue weighted by atomic mass is 79.9. The first-order valence-corrected chi connectivity index (χ1v) is 10.1. The Morgan fingerprint density at radius 3 is 2.36 bits per heavy atom. The molecule has 2 aromatic rings. The molecule has 1 atom stereocenters. The number of hydrogen-bond acceptors (Lipinski definition) is 4. The summed E-state index contributed by atoms with van der Waals surface area (Å²) in [6.45, 7) is 7.14. The van der Waals surface area contributed by atoms with E-state index >= 15 is 0 Å². The van der Waals surface area contributed by atoms with Crippen LogP contribution in [-0.4, -0.2) is 23.2 Å². The lowest BCUT2D eigenvalue weighted by molar-refractivity contribution is -0.0573. The van der Waals surface area contributed by atoms with Gasteiger partial charge in [-0.2, -0.15) is 0 Å². The van der Waals surface area contributed by atoms with E-state index in [1.807, 2.05) is 63.2 Å². The van der Waals surface area contributed by atoms with Crippen molar-refractivity contribution < 1.29 is 18.8 Å². The summed E-state index contributed by atoms with van der Waals surface area (Å²) in [4.78, 5) is 0.808. The summed E-state index contributed by atoms with van der Waals surface area (Å²) in [5, 5.41) is 0.0949.